The maximum absolute atomic E-state index is 13.7. The van der Waals surface area contributed by atoms with E-state index in [-0.39, 0.29) is 5.41 Å². The molecule has 0 aromatic carbocycles. The Morgan fingerprint density at radius 1 is 1.13 bits per heavy atom. The summed E-state index contributed by atoms with van der Waals surface area (Å²) in [7, 11) is 2.11. The fourth-order valence-electron chi connectivity index (χ4n) is 6.24. The lowest BCUT2D eigenvalue weighted by Crippen LogP contribution is -2.37. The second-order valence-electron chi connectivity index (χ2n) is 12.6. The largest absolute Gasteiger partial charge is 0.367 e. The summed E-state index contributed by atoms with van der Waals surface area (Å²) in [5, 5.41) is 7.31. The smallest absolute Gasteiger partial charge is 0.129 e. The third-order valence-corrected chi connectivity index (χ3v) is 8.62. The Hall–Kier alpha value is -2.65. The van der Waals surface area contributed by atoms with Crippen LogP contribution in [0.1, 0.15) is 90.0 Å². The lowest BCUT2D eigenvalue weighted by Gasteiger charge is -2.36. The van der Waals surface area contributed by atoms with Crippen molar-refractivity contribution in [3.63, 3.8) is 0 Å². The van der Waals surface area contributed by atoms with Gasteiger partial charge in [-0.1, -0.05) is 31.2 Å². The molecule has 0 radical (unpaired) electrons. The lowest BCUT2D eigenvalue weighted by molar-refractivity contribution is 0.195. The first-order valence-electron chi connectivity index (χ1n) is 15.0. The number of pyridine rings is 2. The Morgan fingerprint density at radius 2 is 1.85 bits per heavy atom. The van der Waals surface area contributed by atoms with Gasteiger partial charge < -0.3 is 15.5 Å². The molecule has 2 aliphatic rings. The van der Waals surface area contributed by atoms with Crippen molar-refractivity contribution in [1.29, 1.82) is 0 Å². The number of hydrogen-bond acceptors (Lipinski definition) is 5. The molecule has 0 amide bonds. The van der Waals surface area contributed by atoms with E-state index in [0.29, 0.717) is 18.5 Å². The summed E-state index contributed by atoms with van der Waals surface area (Å²) in [6, 6.07) is 9.34. The Morgan fingerprint density at radius 3 is 2.54 bits per heavy atom. The molecule has 2 saturated carbocycles. The van der Waals surface area contributed by atoms with Crippen LogP contribution >= 0.6 is 0 Å². The summed E-state index contributed by atoms with van der Waals surface area (Å²) in [5.74, 6) is 5.00. The van der Waals surface area contributed by atoms with E-state index in [1.807, 2.05) is 6.20 Å². The van der Waals surface area contributed by atoms with Crippen LogP contribution in [0.25, 0.3) is 11.3 Å². The van der Waals surface area contributed by atoms with Crippen LogP contribution in [0.2, 0.25) is 0 Å². The summed E-state index contributed by atoms with van der Waals surface area (Å²) < 4.78 is 13.7. The Bertz CT molecular complexity index is 1100. The predicted octanol–water partition coefficient (Wildman–Crippen LogP) is 7.31. The van der Waals surface area contributed by atoms with Crippen molar-refractivity contribution in [2.45, 2.75) is 109 Å². The molecule has 39 heavy (non-hydrogen) atoms. The standard InChI is InChI=1S/C33H48FN5/c1-6-33(19-8-7-9-20-33)24-39(5)31-13-10-12-29(38-31)28-22-30(36-23-25(28)2)37-27-16-14-26(15-17-27)35-21-11-18-32(3,4)34/h1,10,12-13,22-23,26-27,35H,7-9,11,14-21,24H2,2-5H3,(H,36,37). The molecule has 0 aliphatic heterocycles. The van der Waals surface area contributed by atoms with E-state index < -0.39 is 5.67 Å². The highest BCUT2D eigenvalue weighted by molar-refractivity contribution is 5.68. The number of hydrogen-bond donors (Lipinski definition) is 2. The summed E-state index contributed by atoms with van der Waals surface area (Å²) >= 11 is 0. The van der Waals surface area contributed by atoms with Crippen LogP contribution in [-0.4, -0.2) is 47.9 Å². The van der Waals surface area contributed by atoms with Crippen LogP contribution in [0.4, 0.5) is 16.0 Å². The molecule has 2 fully saturated rings. The van der Waals surface area contributed by atoms with Crippen LogP contribution in [-0.2, 0) is 0 Å². The number of rotatable bonds is 11. The zero-order valence-electron chi connectivity index (χ0n) is 24.5. The van der Waals surface area contributed by atoms with E-state index in [2.05, 4.69) is 59.7 Å². The molecule has 5 nitrogen and oxygen atoms in total. The van der Waals surface area contributed by atoms with Gasteiger partial charge in [-0.05, 0) is 102 Å². The van der Waals surface area contributed by atoms with Crippen molar-refractivity contribution in [3.8, 4) is 23.6 Å². The van der Waals surface area contributed by atoms with Crippen LogP contribution < -0.4 is 15.5 Å². The first-order chi connectivity index (χ1) is 18.7. The van der Waals surface area contributed by atoms with Gasteiger partial charge in [0.15, 0.2) is 0 Å². The SMILES string of the molecule is C#CC1(CN(C)c2cccc(-c3cc(NC4CCC(NCCCC(C)(C)F)CC4)ncc3C)n2)CCCCC1. The van der Waals surface area contributed by atoms with Gasteiger partial charge in [0.25, 0.3) is 0 Å². The maximum Gasteiger partial charge on any atom is 0.129 e. The first kappa shape index (κ1) is 29.3. The molecule has 2 aromatic rings. The van der Waals surface area contributed by atoms with Gasteiger partial charge in [0.2, 0.25) is 0 Å². The third kappa shape index (κ3) is 8.42. The highest BCUT2D eigenvalue weighted by Gasteiger charge is 2.31. The van der Waals surface area contributed by atoms with Crippen LogP contribution in [0.15, 0.2) is 30.5 Å². The van der Waals surface area contributed by atoms with Crippen molar-refractivity contribution < 1.29 is 4.39 Å². The van der Waals surface area contributed by atoms with Crippen LogP contribution in [0.5, 0.6) is 0 Å². The fraction of sp³-hybridized carbons (Fsp3) is 0.636. The maximum atomic E-state index is 13.7. The monoisotopic (exact) mass is 533 g/mol. The summed E-state index contributed by atoms with van der Waals surface area (Å²) in [4.78, 5) is 12.0. The summed E-state index contributed by atoms with van der Waals surface area (Å²) in [5.41, 5.74) is 2.07. The first-order valence-corrected chi connectivity index (χ1v) is 15.0. The highest BCUT2D eigenvalue weighted by atomic mass is 19.1. The predicted molar refractivity (Wildman–Crippen MR) is 162 cm³/mol. The molecule has 2 aliphatic carbocycles. The molecule has 0 saturated heterocycles. The molecule has 212 valence electrons. The number of alkyl halides is 1. The average Bonchev–Trinajstić information content (AvgIpc) is 2.93. The van der Waals surface area contributed by atoms with E-state index >= 15 is 0 Å². The van der Waals surface area contributed by atoms with Gasteiger partial charge in [0.05, 0.1) is 5.69 Å². The molecule has 0 unspecified atom stereocenters. The molecule has 0 atom stereocenters. The normalized spacial score (nSPS) is 21.2. The minimum absolute atomic E-state index is 0.0474. The van der Waals surface area contributed by atoms with Crippen molar-refractivity contribution in [3.05, 3.63) is 36.0 Å². The Labute approximate surface area is 235 Å². The molecule has 0 spiro atoms. The molecular formula is C33H48FN5. The summed E-state index contributed by atoms with van der Waals surface area (Å²) in [6.07, 6.45) is 19.8. The number of terminal acetylenes is 1. The number of aromatic nitrogens is 2. The zero-order chi connectivity index (χ0) is 27.9. The number of anilines is 2. The van der Waals surface area contributed by atoms with E-state index in [1.165, 1.54) is 19.3 Å². The van der Waals surface area contributed by atoms with Crippen molar-refractivity contribution in [2.24, 2.45) is 5.41 Å². The number of nitrogens with zero attached hydrogens (tertiary/aromatic N) is 3. The molecule has 4 rings (SSSR count). The van der Waals surface area contributed by atoms with E-state index in [1.54, 1.807) is 13.8 Å². The van der Waals surface area contributed by atoms with E-state index in [4.69, 9.17) is 16.4 Å². The number of halogens is 1. The van der Waals surface area contributed by atoms with E-state index in [9.17, 15) is 4.39 Å². The molecule has 2 N–H and O–H groups in total. The minimum atomic E-state index is -1.07. The second kappa shape index (κ2) is 13.1. The molecule has 6 heteroatoms. The average molecular weight is 534 g/mol. The number of nitrogens with one attached hydrogen (secondary N) is 2. The molecular weight excluding hydrogens is 485 g/mol. The van der Waals surface area contributed by atoms with E-state index in [0.717, 1.165) is 86.5 Å². The van der Waals surface area contributed by atoms with Gasteiger partial charge in [-0.2, -0.15) is 0 Å². The van der Waals surface area contributed by atoms with Crippen molar-refractivity contribution in [2.75, 3.05) is 30.4 Å². The molecule has 0 bridgehead atoms. The van der Waals surface area contributed by atoms with Crippen molar-refractivity contribution in [1.82, 2.24) is 15.3 Å². The molecule has 2 aromatic heterocycles. The van der Waals surface area contributed by atoms with Crippen molar-refractivity contribution >= 4 is 11.6 Å². The van der Waals surface area contributed by atoms with Crippen LogP contribution in [0, 0.1) is 24.7 Å². The second-order valence-corrected chi connectivity index (χ2v) is 12.6. The lowest BCUT2D eigenvalue weighted by atomic mass is 9.74. The minimum Gasteiger partial charge on any atom is -0.367 e. The van der Waals surface area contributed by atoms with Gasteiger partial charge in [-0.25, -0.2) is 14.4 Å². The fourth-order valence-corrected chi connectivity index (χ4v) is 6.24. The van der Waals surface area contributed by atoms with Gasteiger partial charge in [-0.3, -0.25) is 0 Å². The zero-order valence-corrected chi connectivity index (χ0v) is 24.5. The quantitative estimate of drug-likeness (QED) is 0.234. The van der Waals surface area contributed by atoms with Crippen LogP contribution in [0.3, 0.4) is 0 Å². The Balaban J connectivity index is 1.35. The third-order valence-electron chi connectivity index (χ3n) is 8.62. The van der Waals surface area contributed by atoms with Gasteiger partial charge in [0.1, 0.15) is 17.3 Å². The van der Waals surface area contributed by atoms with Gasteiger partial charge in [0, 0.05) is 42.9 Å². The number of aryl methyl sites for hydroxylation is 1. The highest BCUT2D eigenvalue weighted by Crippen LogP contribution is 2.37. The Kier molecular flexibility index (Phi) is 9.88. The van der Waals surface area contributed by atoms with Gasteiger partial charge >= 0.3 is 0 Å². The molecule has 2 heterocycles. The van der Waals surface area contributed by atoms with Gasteiger partial charge in [-0.15, -0.1) is 6.42 Å². The topological polar surface area (TPSA) is 53.1 Å². The summed E-state index contributed by atoms with van der Waals surface area (Å²) in [6.45, 7) is 7.15.